The first-order valence-corrected chi connectivity index (χ1v) is 3.58. The molecule has 68 valence electrons. The molecule has 0 aromatic carbocycles. The second-order valence-corrected chi connectivity index (χ2v) is 2.57. The first-order valence-electron chi connectivity index (χ1n) is 3.20. The van der Waals surface area contributed by atoms with Crippen LogP contribution in [0, 0.1) is 11.3 Å². The molecule has 0 saturated heterocycles. The molecule has 0 bridgehead atoms. The smallest absolute Gasteiger partial charge is 0.282 e. The number of pyridine rings is 1. The third-order valence-corrected chi connectivity index (χ3v) is 1.65. The summed E-state index contributed by atoms with van der Waals surface area (Å²) in [4.78, 5) is 3.31. The van der Waals surface area contributed by atoms with Crippen LogP contribution in [-0.2, 0) is 0 Å². The van der Waals surface area contributed by atoms with E-state index >= 15 is 0 Å². The molecule has 0 spiro atoms. The minimum Gasteiger partial charge on any atom is -0.397 e. The van der Waals surface area contributed by atoms with Crippen molar-refractivity contribution in [1.29, 1.82) is 5.26 Å². The van der Waals surface area contributed by atoms with E-state index in [1.807, 2.05) is 0 Å². The zero-order valence-corrected chi connectivity index (χ0v) is 7.02. The maximum absolute atomic E-state index is 12.2. The molecule has 0 saturated carbocycles. The zero-order valence-electron chi connectivity index (χ0n) is 6.26. The van der Waals surface area contributed by atoms with Gasteiger partial charge in [0.25, 0.3) is 6.43 Å². The Morgan fingerprint density at radius 1 is 1.62 bits per heavy atom. The first kappa shape index (κ1) is 9.68. The molecule has 2 N–H and O–H groups in total. The molecule has 0 aliphatic rings. The molecule has 0 aliphatic carbocycles. The second kappa shape index (κ2) is 3.54. The number of rotatable bonds is 1. The topological polar surface area (TPSA) is 62.7 Å². The van der Waals surface area contributed by atoms with Gasteiger partial charge in [-0.1, -0.05) is 11.6 Å². The molecule has 13 heavy (non-hydrogen) atoms. The van der Waals surface area contributed by atoms with Crippen molar-refractivity contribution < 1.29 is 8.78 Å². The van der Waals surface area contributed by atoms with Crippen LogP contribution < -0.4 is 5.73 Å². The Morgan fingerprint density at radius 2 is 2.23 bits per heavy atom. The number of nitrogens with two attached hydrogens (primary N) is 1. The van der Waals surface area contributed by atoms with E-state index in [-0.39, 0.29) is 16.4 Å². The summed E-state index contributed by atoms with van der Waals surface area (Å²) < 4.78 is 24.3. The largest absolute Gasteiger partial charge is 0.397 e. The lowest BCUT2D eigenvalue weighted by Gasteiger charge is -2.04. The van der Waals surface area contributed by atoms with E-state index in [9.17, 15) is 8.78 Å². The Bertz CT molecular complexity index is 373. The minimum atomic E-state index is -2.79. The molecule has 1 aromatic rings. The summed E-state index contributed by atoms with van der Waals surface area (Å²) in [5, 5.41) is 8.20. The summed E-state index contributed by atoms with van der Waals surface area (Å²) in [6, 6.07) is 2.76. The van der Waals surface area contributed by atoms with E-state index in [4.69, 9.17) is 22.6 Å². The van der Waals surface area contributed by atoms with E-state index < -0.39 is 12.1 Å². The quantitative estimate of drug-likeness (QED) is 0.711. The van der Waals surface area contributed by atoms with Crippen molar-refractivity contribution in [2.24, 2.45) is 0 Å². The van der Waals surface area contributed by atoms with Crippen molar-refractivity contribution in [3.63, 3.8) is 0 Å². The average molecular weight is 204 g/mol. The lowest BCUT2D eigenvalue weighted by molar-refractivity contribution is 0.147. The van der Waals surface area contributed by atoms with Gasteiger partial charge in [0.15, 0.2) is 0 Å². The molecule has 3 nitrogen and oxygen atoms in total. The second-order valence-electron chi connectivity index (χ2n) is 2.21. The molecule has 0 aliphatic heterocycles. The molecule has 6 heteroatoms. The standard InChI is InChI=1S/C7H4ClF2N3/c8-6-3(2-11)1-4(12)5(13-6)7(9)10/h1,7H,12H2. The first-order chi connectivity index (χ1) is 6.06. The monoisotopic (exact) mass is 203 g/mol. The van der Waals surface area contributed by atoms with Crippen molar-refractivity contribution >= 4 is 17.3 Å². The summed E-state index contributed by atoms with van der Waals surface area (Å²) in [6.07, 6.45) is -2.79. The van der Waals surface area contributed by atoms with Gasteiger partial charge in [-0.3, -0.25) is 0 Å². The van der Waals surface area contributed by atoms with Gasteiger partial charge in [-0.05, 0) is 6.07 Å². The number of nitriles is 1. The van der Waals surface area contributed by atoms with E-state index in [1.54, 1.807) is 6.07 Å². The normalized spacial score (nSPS) is 10.1. The number of nitrogens with zero attached hydrogens (tertiary/aromatic N) is 2. The molecule has 0 amide bonds. The maximum atomic E-state index is 12.2. The van der Waals surface area contributed by atoms with E-state index in [0.29, 0.717) is 0 Å². The van der Waals surface area contributed by atoms with Crippen LogP contribution >= 0.6 is 11.6 Å². The number of nitrogen functional groups attached to an aromatic ring is 1. The summed E-state index contributed by atoms with van der Waals surface area (Å²) in [5.41, 5.74) is 4.38. The highest BCUT2D eigenvalue weighted by Crippen LogP contribution is 2.26. The van der Waals surface area contributed by atoms with Crippen LogP contribution in [0.25, 0.3) is 0 Å². The molecular formula is C7H4ClF2N3. The van der Waals surface area contributed by atoms with Crippen molar-refractivity contribution in [3.8, 4) is 6.07 Å². The number of halogens is 3. The summed E-state index contributed by atoms with van der Waals surface area (Å²) in [7, 11) is 0. The Labute approximate surface area is 77.7 Å². The zero-order chi connectivity index (χ0) is 10.0. The van der Waals surface area contributed by atoms with Gasteiger partial charge in [-0.25, -0.2) is 13.8 Å². The van der Waals surface area contributed by atoms with Crippen LogP contribution in [0.1, 0.15) is 17.7 Å². The van der Waals surface area contributed by atoms with Gasteiger partial charge in [0.1, 0.15) is 16.9 Å². The van der Waals surface area contributed by atoms with Crippen molar-refractivity contribution in [3.05, 3.63) is 22.5 Å². The molecule has 1 heterocycles. The molecule has 0 radical (unpaired) electrons. The van der Waals surface area contributed by atoms with Crippen LogP contribution in [0.5, 0.6) is 0 Å². The van der Waals surface area contributed by atoms with Gasteiger partial charge in [-0.2, -0.15) is 5.26 Å². The lowest BCUT2D eigenvalue weighted by Crippen LogP contribution is -2.00. The number of anilines is 1. The minimum absolute atomic E-state index is 0.0106. The summed E-state index contributed by atoms with van der Waals surface area (Å²) >= 11 is 5.42. The Balaban J connectivity index is 3.31. The van der Waals surface area contributed by atoms with Gasteiger partial charge < -0.3 is 5.73 Å². The number of hydrogen-bond donors (Lipinski definition) is 1. The molecule has 0 fully saturated rings. The Kier molecular flexibility index (Phi) is 2.63. The third-order valence-electron chi connectivity index (χ3n) is 1.36. The molecule has 1 aromatic heterocycles. The average Bonchev–Trinajstić information content (AvgIpc) is 2.07. The highest BCUT2D eigenvalue weighted by atomic mass is 35.5. The molecule has 0 atom stereocenters. The maximum Gasteiger partial charge on any atom is 0.282 e. The van der Waals surface area contributed by atoms with Crippen LogP contribution in [0.2, 0.25) is 5.15 Å². The SMILES string of the molecule is N#Cc1cc(N)c(C(F)F)nc1Cl. The third kappa shape index (κ3) is 1.84. The van der Waals surface area contributed by atoms with Gasteiger partial charge >= 0.3 is 0 Å². The fraction of sp³-hybridized carbons (Fsp3) is 0.143. The highest BCUT2D eigenvalue weighted by Gasteiger charge is 2.15. The number of aromatic nitrogens is 1. The Hall–Kier alpha value is -1.41. The fourth-order valence-electron chi connectivity index (χ4n) is 0.773. The van der Waals surface area contributed by atoms with Crippen LogP contribution in [0.4, 0.5) is 14.5 Å². The molecule has 1 rings (SSSR count). The lowest BCUT2D eigenvalue weighted by atomic mass is 10.2. The predicted molar refractivity (Wildman–Crippen MR) is 43.3 cm³/mol. The number of hydrogen-bond acceptors (Lipinski definition) is 3. The summed E-state index contributed by atoms with van der Waals surface area (Å²) in [6.45, 7) is 0. The van der Waals surface area contributed by atoms with Crippen molar-refractivity contribution in [2.75, 3.05) is 5.73 Å². The Morgan fingerprint density at radius 3 is 2.69 bits per heavy atom. The van der Waals surface area contributed by atoms with Gasteiger partial charge in [0, 0.05) is 0 Å². The van der Waals surface area contributed by atoms with Gasteiger partial charge in [-0.15, -0.1) is 0 Å². The van der Waals surface area contributed by atoms with E-state index in [1.165, 1.54) is 0 Å². The van der Waals surface area contributed by atoms with E-state index in [2.05, 4.69) is 4.98 Å². The fourth-order valence-corrected chi connectivity index (χ4v) is 0.961. The molecule has 0 unspecified atom stereocenters. The van der Waals surface area contributed by atoms with E-state index in [0.717, 1.165) is 6.07 Å². The molecular weight excluding hydrogens is 200 g/mol. The number of alkyl halides is 2. The van der Waals surface area contributed by atoms with Crippen LogP contribution in [-0.4, -0.2) is 4.98 Å². The summed E-state index contributed by atoms with van der Waals surface area (Å²) in [5.74, 6) is 0. The van der Waals surface area contributed by atoms with Crippen LogP contribution in [0.15, 0.2) is 6.07 Å². The highest BCUT2D eigenvalue weighted by molar-refractivity contribution is 6.30. The van der Waals surface area contributed by atoms with Gasteiger partial charge in [0.2, 0.25) is 0 Å². The van der Waals surface area contributed by atoms with Crippen molar-refractivity contribution in [1.82, 2.24) is 4.98 Å². The van der Waals surface area contributed by atoms with Crippen LogP contribution in [0.3, 0.4) is 0 Å². The van der Waals surface area contributed by atoms with Crippen molar-refractivity contribution in [2.45, 2.75) is 6.43 Å². The van der Waals surface area contributed by atoms with Gasteiger partial charge in [0.05, 0.1) is 11.3 Å². The predicted octanol–water partition coefficient (Wildman–Crippen LogP) is 2.13.